The summed E-state index contributed by atoms with van der Waals surface area (Å²) in [5, 5.41) is 3.49. The van der Waals surface area contributed by atoms with Crippen molar-refractivity contribution in [1.82, 2.24) is 5.32 Å². The fraction of sp³-hybridized carbons (Fsp3) is 0.500. The molecule has 0 saturated carbocycles. The number of hydrogen-bond donors (Lipinski definition) is 1. The van der Waals surface area contributed by atoms with Gasteiger partial charge in [-0.2, -0.15) is 0 Å². The number of nitrogens with one attached hydrogen (secondary N) is 1. The molecule has 2 atom stereocenters. The SMILES string of the molecule is CCNC1c2cc(Br)cc(Br)c2OC1CC. The van der Waals surface area contributed by atoms with E-state index in [1.54, 1.807) is 0 Å². The normalized spacial score (nSPS) is 23.0. The Kier molecular flexibility index (Phi) is 3.93. The van der Waals surface area contributed by atoms with Gasteiger partial charge in [0.1, 0.15) is 11.9 Å². The Morgan fingerprint density at radius 1 is 1.31 bits per heavy atom. The molecule has 2 unspecified atom stereocenters. The molecule has 4 heteroatoms. The van der Waals surface area contributed by atoms with Crippen LogP contribution in [-0.2, 0) is 0 Å². The van der Waals surface area contributed by atoms with E-state index in [0.29, 0.717) is 6.04 Å². The summed E-state index contributed by atoms with van der Waals surface area (Å²) < 4.78 is 8.09. The first-order valence-corrected chi connectivity index (χ1v) is 7.15. The predicted molar refractivity (Wildman–Crippen MR) is 73.0 cm³/mol. The lowest BCUT2D eigenvalue weighted by Gasteiger charge is -2.17. The zero-order chi connectivity index (χ0) is 11.7. The fourth-order valence-corrected chi connectivity index (χ4v) is 3.49. The summed E-state index contributed by atoms with van der Waals surface area (Å²) >= 11 is 7.07. The maximum atomic E-state index is 5.98. The van der Waals surface area contributed by atoms with Crippen LogP contribution >= 0.6 is 31.9 Å². The van der Waals surface area contributed by atoms with Gasteiger partial charge in [0.2, 0.25) is 0 Å². The van der Waals surface area contributed by atoms with Crippen LogP contribution in [0.15, 0.2) is 21.1 Å². The maximum absolute atomic E-state index is 5.98. The lowest BCUT2D eigenvalue weighted by Crippen LogP contribution is -2.30. The Morgan fingerprint density at radius 3 is 2.69 bits per heavy atom. The van der Waals surface area contributed by atoms with E-state index in [2.05, 4.69) is 57.1 Å². The van der Waals surface area contributed by atoms with Gasteiger partial charge in [-0.1, -0.05) is 29.8 Å². The number of ether oxygens (including phenoxy) is 1. The molecule has 16 heavy (non-hydrogen) atoms. The largest absolute Gasteiger partial charge is 0.487 e. The molecule has 0 aromatic heterocycles. The molecule has 0 spiro atoms. The summed E-state index contributed by atoms with van der Waals surface area (Å²) in [5.41, 5.74) is 1.25. The first kappa shape index (κ1) is 12.4. The molecule has 2 nitrogen and oxygen atoms in total. The summed E-state index contributed by atoms with van der Waals surface area (Å²) in [6.45, 7) is 5.23. The second kappa shape index (κ2) is 5.07. The Hall–Kier alpha value is -0.0600. The van der Waals surface area contributed by atoms with Crippen molar-refractivity contribution >= 4 is 31.9 Å². The van der Waals surface area contributed by atoms with E-state index >= 15 is 0 Å². The van der Waals surface area contributed by atoms with Gasteiger partial charge in [-0.15, -0.1) is 0 Å². The standard InChI is InChI=1S/C12H15Br2NO/c1-3-10-11(15-4-2)8-5-7(13)6-9(14)12(8)16-10/h5-6,10-11,15H,3-4H2,1-2H3. The topological polar surface area (TPSA) is 21.3 Å². The lowest BCUT2D eigenvalue weighted by atomic mass is 10.0. The summed E-state index contributed by atoms with van der Waals surface area (Å²) in [6, 6.07) is 4.47. The second-order valence-electron chi connectivity index (χ2n) is 3.91. The minimum Gasteiger partial charge on any atom is -0.487 e. The van der Waals surface area contributed by atoms with Crippen molar-refractivity contribution in [1.29, 1.82) is 0 Å². The van der Waals surface area contributed by atoms with Crippen LogP contribution in [0.4, 0.5) is 0 Å². The van der Waals surface area contributed by atoms with Gasteiger partial charge in [0.05, 0.1) is 10.5 Å². The first-order valence-electron chi connectivity index (χ1n) is 5.56. The highest BCUT2D eigenvalue weighted by Gasteiger charge is 2.34. The van der Waals surface area contributed by atoms with Crippen LogP contribution in [0.2, 0.25) is 0 Å². The average molecular weight is 349 g/mol. The predicted octanol–water partition coefficient (Wildman–Crippen LogP) is 4.03. The van der Waals surface area contributed by atoms with Gasteiger partial charge in [-0.25, -0.2) is 0 Å². The molecule has 0 fully saturated rings. The minimum absolute atomic E-state index is 0.237. The van der Waals surface area contributed by atoms with Gasteiger partial charge >= 0.3 is 0 Å². The van der Waals surface area contributed by atoms with E-state index in [9.17, 15) is 0 Å². The van der Waals surface area contributed by atoms with Gasteiger partial charge in [0.15, 0.2) is 0 Å². The Balaban J connectivity index is 2.41. The number of likely N-dealkylation sites (N-methyl/N-ethyl adjacent to an activating group) is 1. The molecule has 2 rings (SSSR count). The molecular weight excluding hydrogens is 334 g/mol. The van der Waals surface area contributed by atoms with E-state index in [-0.39, 0.29) is 6.10 Å². The van der Waals surface area contributed by atoms with Crippen molar-refractivity contribution in [2.24, 2.45) is 0 Å². The van der Waals surface area contributed by atoms with Gasteiger partial charge in [0.25, 0.3) is 0 Å². The molecule has 88 valence electrons. The van der Waals surface area contributed by atoms with Crippen molar-refractivity contribution < 1.29 is 4.74 Å². The number of rotatable bonds is 3. The molecule has 0 saturated heterocycles. The molecule has 0 aliphatic carbocycles. The van der Waals surface area contributed by atoms with E-state index in [0.717, 1.165) is 27.7 Å². The zero-order valence-electron chi connectivity index (χ0n) is 9.39. The lowest BCUT2D eigenvalue weighted by molar-refractivity contribution is 0.185. The molecule has 1 aliphatic rings. The highest BCUT2D eigenvalue weighted by Crippen LogP contribution is 2.44. The van der Waals surface area contributed by atoms with E-state index < -0.39 is 0 Å². The van der Waals surface area contributed by atoms with Crippen LogP contribution in [0, 0.1) is 0 Å². The molecule has 0 radical (unpaired) electrons. The number of fused-ring (bicyclic) bond motifs is 1. The molecule has 1 aromatic carbocycles. The van der Waals surface area contributed by atoms with Crippen LogP contribution in [0.25, 0.3) is 0 Å². The number of benzene rings is 1. The van der Waals surface area contributed by atoms with Crippen LogP contribution in [0.5, 0.6) is 5.75 Å². The number of hydrogen-bond acceptors (Lipinski definition) is 2. The van der Waals surface area contributed by atoms with Gasteiger partial charge < -0.3 is 10.1 Å². The third-order valence-corrected chi connectivity index (χ3v) is 3.89. The molecular formula is C12H15Br2NO. The Bertz CT molecular complexity index is 395. The molecule has 1 aliphatic heterocycles. The van der Waals surface area contributed by atoms with Crippen LogP contribution in [0.1, 0.15) is 31.9 Å². The average Bonchev–Trinajstić information content (AvgIpc) is 2.58. The van der Waals surface area contributed by atoms with Crippen molar-refractivity contribution in [2.45, 2.75) is 32.4 Å². The molecule has 1 N–H and O–H groups in total. The highest BCUT2D eigenvalue weighted by molar-refractivity contribution is 9.11. The quantitative estimate of drug-likeness (QED) is 0.890. The minimum atomic E-state index is 0.237. The third-order valence-electron chi connectivity index (χ3n) is 2.84. The maximum Gasteiger partial charge on any atom is 0.138 e. The summed E-state index contributed by atoms with van der Waals surface area (Å²) in [5.74, 6) is 0.987. The zero-order valence-corrected chi connectivity index (χ0v) is 12.6. The Labute approximate surface area is 113 Å². The van der Waals surface area contributed by atoms with Crippen LogP contribution in [0.3, 0.4) is 0 Å². The van der Waals surface area contributed by atoms with Crippen molar-refractivity contribution in [3.63, 3.8) is 0 Å². The number of halogens is 2. The van der Waals surface area contributed by atoms with Crippen molar-refractivity contribution in [3.05, 3.63) is 26.6 Å². The monoisotopic (exact) mass is 347 g/mol. The molecule has 1 aromatic rings. The van der Waals surface area contributed by atoms with E-state index in [1.807, 2.05) is 6.07 Å². The van der Waals surface area contributed by atoms with Gasteiger partial charge in [-0.05, 0) is 41.0 Å². The van der Waals surface area contributed by atoms with E-state index in [4.69, 9.17) is 4.74 Å². The third kappa shape index (κ3) is 2.15. The first-order chi connectivity index (χ1) is 7.67. The van der Waals surface area contributed by atoms with Crippen LogP contribution in [-0.4, -0.2) is 12.6 Å². The smallest absolute Gasteiger partial charge is 0.138 e. The molecule has 0 amide bonds. The van der Waals surface area contributed by atoms with E-state index in [1.165, 1.54) is 5.56 Å². The molecule has 0 bridgehead atoms. The summed E-state index contributed by atoms with van der Waals surface area (Å²) in [4.78, 5) is 0. The summed E-state index contributed by atoms with van der Waals surface area (Å²) in [6.07, 6.45) is 1.25. The summed E-state index contributed by atoms with van der Waals surface area (Å²) in [7, 11) is 0. The van der Waals surface area contributed by atoms with Crippen LogP contribution < -0.4 is 10.1 Å². The highest BCUT2D eigenvalue weighted by atomic mass is 79.9. The fourth-order valence-electron chi connectivity index (χ4n) is 2.14. The van der Waals surface area contributed by atoms with Crippen molar-refractivity contribution in [3.8, 4) is 5.75 Å². The Morgan fingerprint density at radius 2 is 2.06 bits per heavy atom. The van der Waals surface area contributed by atoms with Gasteiger partial charge in [-0.3, -0.25) is 0 Å². The second-order valence-corrected chi connectivity index (χ2v) is 5.68. The molecule has 1 heterocycles. The van der Waals surface area contributed by atoms with Gasteiger partial charge in [0, 0.05) is 10.0 Å². The van der Waals surface area contributed by atoms with Crippen molar-refractivity contribution in [2.75, 3.05) is 6.54 Å².